The number of halogens is 1. The fourth-order valence-corrected chi connectivity index (χ4v) is 2.59. The second-order valence-corrected chi connectivity index (χ2v) is 5.95. The molecule has 136 valence electrons. The minimum absolute atomic E-state index is 0.476. The van der Waals surface area contributed by atoms with Crippen molar-refractivity contribution in [2.45, 2.75) is 6.92 Å². The Kier molecular flexibility index (Phi) is 7.24. The Bertz CT molecular complexity index is 691. The Morgan fingerprint density at radius 2 is 1.84 bits per heavy atom. The van der Waals surface area contributed by atoms with Crippen molar-refractivity contribution in [2.75, 3.05) is 56.5 Å². The lowest BCUT2D eigenvalue weighted by Crippen LogP contribution is -2.32. The first kappa shape index (κ1) is 19.2. The minimum Gasteiger partial charge on any atom is -0.393 e. The number of aryl methyl sites for hydroxylation is 1. The number of anilines is 4. The van der Waals surface area contributed by atoms with Gasteiger partial charge in [0.1, 0.15) is 12.0 Å². The van der Waals surface area contributed by atoms with Crippen molar-refractivity contribution in [3.63, 3.8) is 0 Å². The predicted octanol–water partition coefficient (Wildman–Crippen LogP) is 2.86. The lowest BCUT2D eigenvalue weighted by Gasteiger charge is -2.25. The minimum atomic E-state index is 0.476. The van der Waals surface area contributed by atoms with Gasteiger partial charge in [-0.15, -0.1) is 0 Å². The average molecular weight is 366 g/mol. The molecule has 0 amide bonds. The van der Waals surface area contributed by atoms with Crippen LogP contribution in [0.3, 0.4) is 0 Å². The second kappa shape index (κ2) is 9.41. The molecule has 0 spiro atoms. The number of methoxy groups -OCH3 is 2. The highest BCUT2D eigenvalue weighted by molar-refractivity contribution is 6.30. The molecule has 0 saturated carbocycles. The Morgan fingerprint density at radius 1 is 1.16 bits per heavy atom. The standard InChI is InChI=1S/C17H24ClN5O2/c1-12-10-13(18)4-5-14(12)22-16-15(19)17(21-11-20-16)23(6-8-24-2)7-9-25-3/h4-5,10-11H,6-9,19H2,1-3H3,(H,20,21,22). The van der Waals surface area contributed by atoms with Crippen LogP contribution in [0.4, 0.5) is 23.0 Å². The SMILES string of the molecule is COCCN(CCOC)c1ncnc(Nc2ccc(Cl)cc2C)c1N. The lowest BCUT2D eigenvalue weighted by atomic mass is 10.2. The molecule has 0 atom stereocenters. The number of ether oxygens (including phenoxy) is 2. The summed E-state index contributed by atoms with van der Waals surface area (Å²) in [5.74, 6) is 1.20. The molecule has 0 fully saturated rings. The molecular formula is C17H24ClN5O2. The largest absolute Gasteiger partial charge is 0.393 e. The van der Waals surface area contributed by atoms with E-state index < -0.39 is 0 Å². The van der Waals surface area contributed by atoms with Crippen molar-refractivity contribution in [3.05, 3.63) is 35.1 Å². The number of benzene rings is 1. The third kappa shape index (κ3) is 5.19. The van der Waals surface area contributed by atoms with Gasteiger partial charge in [-0.05, 0) is 30.7 Å². The van der Waals surface area contributed by atoms with E-state index in [1.807, 2.05) is 30.0 Å². The third-order valence-electron chi connectivity index (χ3n) is 3.73. The molecule has 1 aromatic heterocycles. The van der Waals surface area contributed by atoms with E-state index in [0.717, 1.165) is 11.3 Å². The monoisotopic (exact) mass is 365 g/mol. The van der Waals surface area contributed by atoms with Gasteiger partial charge < -0.3 is 25.4 Å². The zero-order chi connectivity index (χ0) is 18.2. The molecule has 8 heteroatoms. The van der Waals surface area contributed by atoms with Gasteiger partial charge in [0.05, 0.1) is 13.2 Å². The summed E-state index contributed by atoms with van der Waals surface area (Å²) in [5, 5.41) is 3.94. The van der Waals surface area contributed by atoms with E-state index in [2.05, 4.69) is 15.3 Å². The number of nitrogens with one attached hydrogen (secondary N) is 1. The summed E-state index contributed by atoms with van der Waals surface area (Å²) < 4.78 is 10.3. The van der Waals surface area contributed by atoms with Crippen LogP contribution in [0.5, 0.6) is 0 Å². The van der Waals surface area contributed by atoms with Crippen molar-refractivity contribution in [1.29, 1.82) is 0 Å². The van der Waals surface area contributed by atoms with Crippen LogP contribution < -0.4 is 16.0 Å². The number of rotatable bonds is 9. The van der Waals surface area contributed by atoms with E-state index in [1.54, 1.807) is 14.2 Å². The number of aromatic nitrogens is 2. The Labute approximate surface area is 153 Å². The molecule has 0 unspecified atom stereocenters. The number of hydrogen-bond acceptors (Lipinski definition) is 7. The molecule has 0 saturated heterocycles. The first-order valence-electron chi connectivity index (χ1n) is 7.93. The van der Waals surface area contributed by atoms with Crippen LogP contribution >= 0.6 is 11.6 Å². The molecule has 7 nitrogen and oxygen atoms in total. The molecule has 3 N–H and O–H groups in total. The summed E-state index contributed by atoms with van der Waals surface area (Å²) in [6, 6.07) is 5.59. The number of nitrogen functional groups attached to an aromatic ring is 1. The quantitative estimate of drug-likeness (QED) is 0.706. The summed E-state index contributed by atoms with van der Waals surface area (Å²) in [6.07, 6.45) is 1.49. The van der Waals surface area contributed by atoms with Gasteiger partial charge in [0.15, 0.2) is 11.6 Å². The summed E-state index contributed by atoms with van der Waals surface area (Å²) >= 11 is 6.01. The first-order chi connectivity index (χ1) is 12.1. The van der Waals surface area contributed by atoms with E-state index in [1.165, 1.54) is 6.33 Å². The van der Waals surface area contributed by atoms with Crippen LogP contribution in [-0.4, -0.2) is 50.5 Å². The van der Waals surface area contributed by atoms with E-state index in [9.17, 15) is 0 Å². The first-order valence-corrected chi connectivity index (χ1v) is 8.31. The van der Waals surface area contributed by atoms with Crippen molar-refractivity contribution in [1.82, 2.24) is 9.97 Å². The number of nitrogens with two attached hydrogens (primary N) is 1. The maximum atomic E-state index is 6.32. The normalized spacial score (nSPS) is 10.7. The molecule has 0 aliphatic rings. The Hall–Kier alpha value is -2.09. The van der Waals surface area contributed by atoms with Gasteiger partial charge in [-0.1, -0.05) is 11.6 Å². The molecule has 2 aromatic rings. The van der Waals surface area contributed by atoms with Crippen LogP contribution in [0.1, 0.15) is 5.56 Å². The van der Waals surface area contributed by atoms with Gasteiger partial charge >= 0.3 is 0 Å². The van der Waals surface area contributed by atoms with Gasteiger partial charge in [-0.2, -0.15) is 0 Å². The maximum absolute atomic E-state index is 6.32. The van der Waals surface area contributed by atoms with Crippen LogP contribution in [0.2, 0.25) is 5.02 Å². The maximum Gasteiger partial charge on any atom is 0.159 e. The van der Waals surface area contributed by atoms with Crippen LogP contribution in [0, 0.1) is 6.92 Å². The Morgan fingerprint density at radius 3 is 2.44 bits per heavy atom. The summed E-state index contributed by atoms with van der Waals surface area (Å²) in [6.45, 7) is 4.40. The smallest absolute Gasteiger partial charge is 0.159 e. The lowest BCUT2D eigenvalue weighted by molar-refractivity contribution is 0.190. The third-order valence-corrected chi connectivity index (χ3v) is 3.97. The van der Waals surface area contributed by atoms with Crippen LogP contribution in [-0.2, 0) is 9.47 Å². The van der Waals surface area contributed by atoms with Crippen molar-refractivity contribution in [2.24, 2.45) is 0 Å². The molecule has 0 aliphatic carbocycles. The Balaban J connectivity index is 2.27. The van der Waals surface area contributed by atoms with Crippen molar-refractivity contribution < 1.29 is 9.47 Å². The van der Waals surface area contributed by atoms with Gasteiger partial charge in [-0.25, -0.2) is 9.97 Å². The van der Waals surface area contributed by atoms with Gasteiger partial charge in [0.2, 0.25) is 0 Å². The summed E-state index contributed by atoms with van der Waals surface area (Å²) in [4.78, 5) is 10.6. The number of hydrogen-bond donors (Lipinski definition) is 2. The highest BCUT2D eigenvalue weighted by Gasteiger charge is 2.15. The molecule has 2 rings (SSSR count). The predicted molar refractivity (Wildman–Crippen MR) is 102 cm³/mol. The molecule has 1 aromatic carbocycles. The second-order valence-electron chi connectivity index (χ2n) is 5.52. The van der Waals surface area contributed by atoms with Crippen molar-refractivity contribution in [3.8, 4) is 0 Å². The van der Waals surface area contributed by atoms with E-state index in [4.69, 9.17) is 26.8 Å². The highest BCUT2D eigenvalue weighted by atomic mass is 35.5. The number of nitrogens with zero attached hydrogens (tertiary/aromatic N) is 3. The fourth-order valence-electron chi connectivity index (χ4n) is 2.36. The van der Waals surface area contributed by atoms with Gasteiger partial charge in [0.25, 0.3) is 0 Å². The molecule has 0 bridgehead atoms. The van der Waals surface area contributed by atoms with Gasteiger partial charge in [0, 0.05) is 38.0 Å². The summed E-state index contributed by atoms with van der Waals surface area (Å²) in [5.41, 5.74) is 8.69. The molecular weight excluding hydrogens is 342 g/mol. The van der Waals surface area contributed by atoms with Gasteiger partial charge in [-0.3, -0.25) is 0 Å². The van der Waals surface area contributed by atoms with Crippen LogP contribution in [0.15, 0.2) is 24.5 Å². The van der Waals surface area contributed by atoms with Crippen LogP contribution in [0.25, 0.3) is 0 Å². The molecule has 25 heavy (non-hydrogen) atoms. The fraction of sp³-hybridized carbons (Fsp3) is 0.412. The van der Waals surface area contributed by atoms with E-state index in [-0.39, 0.29) is 0 Å². The zero-order valence-electron chi connectivity index (χ0n) is 14.8. The van der Waals surface area contributed by atoms with Crippen molar-refractivity contribution >= 4 is 34.6 Å². The average Bonchev–Trinajstić information content (AvgIpc) is 2.59. The summed E-state index contributed by atoms with van der Waals surface area (Å²) in [7, 11) is 3.32. The molecule has 0 aliphatic heterocycles. The zero-order valence-corrected chi connectivity index (χ0v) is 15.5. The molecule has 1 heterocycles. The highest BCUT2D eigenvalue weighted by Crippen LogP contribution is 2.30. The van der Waals surface area contributed by atoms with E-state index >= 15 is 0 Å². The topological polar surface area (TPSA) is 85.5 Å². The molecule has 0 radical (unpaired) electrons. The van der Waals surface area contributed by atoms with E-state index in [0.29, 0.717) is 48.6 Å².